The van der Waals surface area contributed by atoms with E-state index in [1.807, 2.05) is 6.07 Å². The van der Waals surface area contributed by atoms with Gasteiger partial charge in [-0.1, -0.05) is 13.8 Å². The monoisotopic (exact) mass is 209 g/mol. The van der Waals surface area contributed by atoms with Gasteiger partial charge >= 0.3 is 0 Å². The Kier molecular flexibility index (Phi) is 2.84. The standard InChI is InChI=1S/C11H16FN3/c1-8(2)11-13-4-3-10(14-11)15-6-9(5-12)7-15/h3-4,8-9H,5-7H2,1-2H3. The minimum atomic E-state index is -0.224. The van der Waals surface area contributed by atoms with Crippen molar-refractivity contribution in [2.75, 3.05) is 24.7 Å². The van der Waals surface area contributed by atoms with Crippen LogP contribution in [0.3, 0.4) is 0 Å². The van der Waals surface area contributed by atoms with Gasteiger partial charge in [0, 0.05) is 31.1 Å². The van der Waals surface area contributed by atoms with E-state index >= 15 is 0 Å². The highest BCUT2D eigenvalue weighted by atomic mass is 19.1. The van der Waals surface area contributed by atoms with Crippen LogP contribution in [-0.4, -0.2) is 29.7 Å². The first-order valence-electron chi connectivity index (χ1n) is 5.34. The molecule has 0 unspecified atom stereocenters. The molecule has 0 aliphatic carbocycles. The Morgan fingerprint density at radius 1 is 1.53 bits per heavy atom. The predicted octanol–water partition coefficient (Wildman–Crippen LogP) is 2.01. The molecule has 0 N–H and O–H groups in total. The van der Waals surface area contributed by atoms with Gasteiger partial charge in [0.05, 0.1) is 6.67 Å². The third-order valence-electron chi connectivity index (χ3n) is 2.68. The number of aromatic nitrogens is 2. The first kappa shape index (κ1) is 10.3. The van der Waals surface area contributed by atoms with Crippen LogP contribution in [0.25, 0.3) is 0 Å². The topological polar surface area (TPSA) is 29.0 Å². The van der Waals surface area contributed by atoms with E-state index in [1.165, 1.54) is 0 Å². The van der Waals surface area contributed by atoms with E-state index in [1.54, 1.807) is 6.20 Å². The van der Waals surface area contributed by atoms with E-state index in [0.29, 0.717) is 5.92 Å². The van der Waals surface area contributed by atoms with Crippen molar-refractivity contribution in [3.8, 4) is 0 Å². The Morgan fingerprint density at radius 3 is 2.87 bits per heavy atom. The van der Waals surface area contributed by atoms with Gasteiger partial charge in [-0.3, -0.25) is 4.39 Å². The zero-order valence-electron chi connectivity index (χ0n) is 9.15. The molecule has 2 rings (SSSR count). The minimum absolute atomic E-state index is 0.197. The lowest BCUT2D eigenvalue weighted by Crippen LogP contribution is -2.48. The predicted molar refractivity (Wildman–Crippen MR) is 57.8 cm³/mol. The van der Waals surface area contributed by atoms with Crippen LogP contribution >= 0.6 is 0 Å². The molecule has 1 aliphatic rings. The quantitative estimate of drug-likeness (QED) is 0.762. The fraction of sp³-hybridized carbons (Fsp3) is 0.636. The van der Waals surface area contributed by atoms with Crippen molar-refractivity contribution >= 4 is 5.82 Å². The second-order valence-electron chi connectivity index (χ2n) is 4.35. The molecule has 0 aromatic carbocycles. The zero-order valence-corrected chi connectivity index (χ0v) is 9.15. The first-order chi connectivity index (χ1) is 7.20. The minimum Gasteiger partial charge on any atom is -0.356 e. The number of anilines is 1. The highest BCUT2D eigenvalue weighted by molar-refractivity contribution is 5.41. The summed E-state index contributed by atoms with van der Waals surface area (Å²) in [5.74, 6) is 2.32. The van der Waals surface area contributed by atoms with Crippen molar-refractivity contribution in [2.45, 2.75) is 19.8 Å². The summed E-state index contributed by atoms with van der Waals surface area (Å²) in [6, 6.07) is 1.89. The van der Waals surface area contributed by atoms with E-state index in [-0.39, 0.29) is 12.6 Å². The number of hydrogen-bond donors (Lipinski definition) is 0. The first-order valence-corrected chi connectivity index (χ1v) is 5.34. The Labute approximate surface area is 89.3 Å². The van der Waals surface area contributed by atoms with E-state index in [9.17, 15) is 4.39 Å². The second-order valence-corrected chi connectivity index (χ2v) is 4.35. The molecular formula is C11H16FN3. The highest BCUT2D eigenvalue weighted by Crippen LogP contribution is 2.23. The maximum absolute atomic E-state index is 12.3. The summed E-state index contributed by atoms with van der Waals surface area (Å²) in [4.78, 5) is 10.8. The summed E-state index contributed by atoms with van der Waals surface area (Å²) in [7, 11) is 0. The normalized spacial score (nSPS) is 16.9. The van der Waals surface area contributed by atoms with Gasteiger partial charge in [0.1, 0.15) is 11.6 Å². The van der Waals surface area contributed by atoms with E-state index in [4.69, 9.17) is 0 Å². The molecule has 1 saturated heterocycles. The van der Waals surface area contributed by atoms with Crippen molar-refractivity contribution in [1.29, 1.82) is 0 Å². The number of hydrogen-bond acceptors (Lipinski definition) is 3. The largest absolute Gasteiger partial charge is 0.356 e. The second kappa shape index (κ2) is 4.13. The van der Waals surface area contributed by atoms with Crippen LogP contribution in [-0.2, 0) is 0 Å². The Bertz CT molecular complexity index is 334. The van der Waals surface area contributed by atoms with Crippen molar-refractivity contribution in [3.05, 3.63) is 18.1 Å². The molecule has 0 amide bonds. The molecule has 0 saturated carbocycles. The molecule has 1 aliphatic heterocycles. The number of halogens is 1. The van der Waals surface area contributed by atoms with Gasteiger partial charge in [-0.15, -0.1) is 0 Å². The Balaban J connectivity index is 2.06. The lowest BCUT2D eigenvalue weighted by atomic mass is 10.0. The molecule has 0 atom stereocenters. The number of rotatable bonds is 3. The zero-order chi connectivity index (χ0) is 10.8. The molecule has 1 aromatic heterocycles. The average Bonchev–Trinajstić information content (AvgIpc) is 2.16. The van der Waals surface area contributed by atoms with Gasteiger partial charge in [0.15, 0.2) is 0 Å². The van der Waals surface area contributed by atoms with Crippen molar-refractivity contribution in [2.24, 2.45) is 5.92 Å². The lowest BCUT2D eigenvalue weighted by Gasteiger charge is -2.38. The van der Waals surface area contributed by atoms with Gasteiger partial charge in [0.25, 0.3) is 0 Å². The molecule has 0 spiro atoms. The fourth-order valence-corrected chi connectivity index (χ4v) is 1.67. The van der Waals surface area contributed by atoms with Crippen LogP contribution in [0.1, 0.15) is 25.6 Å². The summed E-state index contributed by atoms with van der Waals surface area (Å²) >= 11 is 0. The molecule has 1 aromatic rings. The third-order valence-corrected chi connectivity index (χ3v) is 2.68. The molecule has 2 heterocycles. The van der Waals surface area contributed by atoms with Crippen LogP contribution in [0.4, 0.5) is 10.2 Å². The Morgan fingerprint density at radius 2 is 2.27 bits per heavy atom. The van der Waals surface area contributed by atoms with Crippen LogP contribution in [0, 0.1) is 5.92 Å². The highest BCUT2D eigenvalue weighted by Gasteiger charge is 2.27. The average molecular weight is 209 g/mol. The van der Waals surface area contributed by atoms with Gasteiger partial charge in [-0.25, -0.2) is 9.97 Å². The maximum Gasteiger partial charge on any atom is 0.133 e. The van der Waals surface area contributed by atoms with Gasteiger partial charge in [-0.2, -0.15) is 0 Å². The van der Waals surface area contributed by atoms with E-state index < -0.39 is 0 Å². The Hall–Kier alpha value is -1.19. The summed E-state index contributed by atoms with van der Waals surface area (Å²) in [5.41, 5.74) is 0. The van der Waals surface area contributed by atoms with Crippen molar-refractivity contribution in [3.63, 3.8) is 0 Å². The molecule has 1 fully saturated rings. The fourth-order valence-electron chi connectivity index (χ4n) is 1.67. The summed E-state index contributed by atoms with van der Waals surface area (Å²) in [6.07, 6.45) is 1.78. The van der Waals surface area contributed by atoms with Crippen LogP contribution in [0.5, 0.6) is 0 Å². The molecule has 0 bridgehead atoms. The molecule has 4 heteroatoms. The van der Waals surface area contributed by atoms with E-state index in [2.05, 4.69) is 28.7 Å². The van der Waals surface area contributed by atoms with Crippen molar-refractivity contribution < 1.29 is 4.39 Å². The maximum atomic E-state index is 12.3. The number of nitrogens with zero attached hydrogens (tertiary/aromatic N) is 3. The molecule has 0 radical (unpaired) electrons. The van der Waals surface area contributed by atoms with Gasteiger partial charge in [0.2, 0.25) is 0 Å². The van der Waals surface area contributed by atoms with Crippen molar-refractivity contribution in [1.82, 2.24) is 9.97 Å². The third kappa shape index (κ3) is 2.08. The van der Waals surface area contributed by atoms with Crippen LogP contribution < -0.4 is 4.90 Å². The SMILES string of the molecule is CC(C)c1nccc(N2CC(CF)C2)n1. The summed E-state index contributed by atoms with van der Waals surface area (Å²) in [5, 5.41) is 0. The molecule has 82 valence electrons. The smallest absolute Gasteiger partial charge is 0.133 e. The summed E-state index contributed by atoms with van der Waals surface area (Å²) in [6.45, 7) is 5.48. The molecule has 15 heavy (non-hydrogen) atoms. The van der Waals surface area contributed by atoms with Gasteiger partial charge < -0.3 is 4.90 Å². The van der Waals surface area contributed by atoms with Crippen LogP contribution in [0.15, 0.2) is 12.3 Å². The summed E-state index contributed by atoms with van der Waals surface area (Å²) < 4.78 is 12.3. The van der Waals surface area contributed by atoms with E-state index in [0.717, 1.165) is 24.7 Å². The molecule has 3 nitrogen and oxygen atoms in total. The van der Waals surface area contributed by atoms with Crippen LogP contribution in [0.2, 0.25) is 0 Å². The number of alkyl halides is 1. The van der Waals surface area contributed by atoms with Gasteiger partial charge in [-0.05, 0) is 6.07 Å². The lowest BCUT2D eigenvalue weighted by molar-refractivity contribution is 0.304. The molecular weight excluding hydrogens is 193 g/mol.